The first-order chi connectivity index (χ1) is 17.1. The van der Waals surface area contributed by atoms with Crippen LogP contribution in [0.2, 0.25) is 0 Å². The van der Waals surface area contributed by atoms with E-state index in [-0.39, 0.29) is 0 Å². The van der Waals surface area contributed by atoms with Gasteiger partial charge in [0.05, 0.1) is 0 Å². The van der Waals surface area contributed by atoms with Crippen LogP contribution in [0.15, 0.2) is 42.7 Å². The maximum absolute atomic E-state index is 10.6. The number of carboxylic acids is 2. The van der Waals surface area contributed by atoms with E-state index >= 15 is 0 Å². The van der Waals surface area contributed by atoms with E-state index in [1.54, 1.807) is 5.56 Å². The largest absolute Gasteiger partial charge is 0.490 e. The number of nitrogens with zero attached hydrogens (tertiary/aromatic N) is 4. The summed E-state index contributed by atoms with van der Waals surface area (Å²) in [6.45, 7) is 2.08. The van der Waals surface area contributed by atoms with Crippen LogP contribution in [0.4, 0.5) is 32.3 Å². The molecule has 204 valence electrons. The van der Waals surface area contributed by atoms with Crippen molar-refractivity contribution < 1.29 is 46.1 Å². The second-order valence-corrected chi connectivity index (χ2v) is 8.69. The minimum atomic E-state index is -5.08. The lowest BCUT2D eigenvalue weighted by Gasteiger charge is -2.40. The first-order valence-electron chi connectivity index (χ1n) is 11.0. The van der Waals surface area contributed by atoms with E-state index in [1.165, 1.54) is 24.8 Å². The van der Waals surface area contributed by atoms with Crippen molar-refractivity contribution in [1.29, 1.82) is 0 Å². The van der Waals surface area contributed by atoms with Crippen LogP contribution in [0.5, 0.6) is 0 Å². The zero-order chi connectivity index (χ0) is 28.0. The second-order valence-electron chi connectivity index (χ2n) is 8.69. The summed E-state index contributed by atoms with van der Waals surface area (Å²) >= 11 is 0. The summed E-state index contributed by atoms with van der Waals surface area (Å²) in [4.78, 5) is 31.3. The Hall–Kier alpha value is -3.42. The molecule has 37 heavy (non-hydrogen) atoms. The van der Waals surface area contributed by atoms with Crippen LogP contribution in [0.1, 0.15) is 36.4 Å². The molecule has 2 heterocycles. The fraction of sp³-hybridized carbons (Fsp3) is 0.478. The normalized spacial score (nSPS) is 18.3. The molecule has 14 heteroatoms. The van der Waals surface area contributed by atoms with Crippen molar-refractivity contribution in [3.8, 4) is 0 Å². The number of carbonyl (C=O) groups is 2. The van der Waals surface area contributed by atoms with Crippen molar-refractivity contribution in [2.24, 2.45) is 0 Å². The number of aliphatic carboxylic acids is 2. The molecule has 1 saturated heterocycles. The highest BCUT2D eigenvalue weighted by Crippen LogP contribution is 2.52. The van der Waals surface area contributed by atoms with Crippen LogP contribution in [0.3, 0.4) is 0 Å². The number of halogens is 6. The summed E-state index contributed by atoms with van der Waals surface area (Å²) in [5.74, 6) is -4.64. The Morgan fingerprint density at radius 2 is 1.38 bits per heavy atom. The first kappa shape index (κ1) is 29.8. The van der Waals surface area contributed by atoms with Crippen molar-refractivity contribution >= 4 is 17.9 Å². The van der Waals surface area contributed by atoms with E-state index in [0.717, 1.165) is 19.0 Å². The number of piperidine rings is 1. The van der Waals surface area contributed by atoms with Crippen LogP contribution < -0.4 is 4.90 Å². The van der Waals surface area contributed by atoms with Gasteiger partial charge in [-0.25, -0.2) is 19.6 Å². The molecule has 2 aliphatic rings. The summed E-state index contributed by atoms with van der Waals surface area (Å²) in [5.41, 5.74) is 3.44. The lowest BCUT2D eigenvalue weighted by Crippen LogP contribution is -2.42. The number of hydrogen-bond donors (Lipinski definition) is 2. The number of rotatable bonds is 2. The number of hydrogen-bond acceptors (Lipinski definition) is 6. The highest BCUT2D eigenvalue weighted by atomic mass is 19.4. The van der Waals surface area contributed by atoms with Gasteiger partial charge >= 0.3 is 24.3 Å². The summed E-state index contributed by atoms with van der Waals surface area (Å²) in [5, 5.41) is 14.2. The number of anilines is 1. The van der Waals surface area contributed by atoms with E-state index in [0.29, 0.717) is 11.5 Å². The Bertz CT molecular complexity index is 1030. The minimum Gasteiger partial charge on any atom is -0.475 e. The lowest BCUT2D eigenvalue weighted by molar-refractivity contribution is -0.193. The molecular formula is C23H26F6N4O4. The molecule has 4 rings (SSSR count). The molecule has 2 aromatic rings. The van der Waals surface area contributed by atoms with Gasteiger partial charge in [-0.3, -0.25) is 0 Å². The molecule has 0 radical (unpaired) electrons. The number of aromatic nitrogens is 2. The standard InChI is InChI=1S/C19H24N4.2C2HF3O2/c1-22(2)17-14-19(16-7-4-3-6-15(16)17)8-12-23(13-9-19)18-20-10-5-11-21-18;2*3-2(4,5)1(6)7/h3-7,10-11,17H,8-9,12-14H2,1-2H3;2*(H,6,7). The second kappa shape index (κ2) is 11.8. The molecule has 1 spiro atoms. The van der Waals surface area contributed by atoms with Crippen LogP contribution >= 0.6 is 0 Å². The summed E-state index contributed by atoms with van der Waals surface area (Å²) in [6.07, 6.45) is -2.89. The Morgan fingerprint density at radius 3 is 1.81 bits per heavy atom. The van der Waals surface area contributed by atoms with Gasteiger partial charge in [0, 0.05) is 36.9 Å². The van der Waals surface area contributed by atoms with Crippen molar-refractivity contribution in [2.45, 2.75) is 43.1 Å². The van der Waals surface area contributed by atoms with Crippen LogP contribution in [-0.2, 0) is 15.0 Å². The maximum Gasteiger partial charge on any atom is 0.490 e. The van der Waals surface area contributed by atoms with E-state index in [2.05, 4.69) is 58.1 Å². The van der Waals surface area contributed by atoms with Gasteiger partial charge in [0.15, 0.2) is 0 Å². The molecule has 1 atom stereocenters. The number of alkyl halides is 6. The van der Waals surface area contributed by atoms with Gasteiger partial charge in [-0.05, 0) is 50.6 Å². The molecule has 0 bridgehead atoms. The molecule has 1 fully saturated rings. The molecular weight excluding hydrogens is 510 g/mol. The molecule has 0 amide bonds. The molecule has 1 unspecified atom stereocenters. The van der Waals surface area contributed by atoms with Crippen LogP contribution in [-0.4, -0.2) is 76.6 Å². The lowest BCUT2D eigenvalue weighted by atomic mass is 9.73. The van der Waals surface area contributed by atoms with Gasteiger partial charge in [0.2, 0.25) is 5.95 Å². The molecule has 1 aliphatic heterocycles. The van der Waals surface area contributed by atoms with Gasteiger partial charge in [-0.2, -0.15) is 26.3 Å². The summed E-state index contributed by atoms with van der Waals surface area (Å²) in [6, 6.07) is 11.5. The van der Waals surface area contributed by atoms with Gasteiger partial charge in [0.25, 0.3) is 0 Å². The van der Waals surface area contributed by atoms with Gasteiger partial charge in [-0.15, -0.1) is 0 Å². The van der Waals surface area contributed by atoms with Crippen molar-refractivity contribution in [3.63, 3.8) is 0 Å². The minimum absolute atomic E-state index is 0.330. The van der Waals surface area contributed by atoms with Gasteiger partial charge in [-0.1, -0.05) is 24.3 Å². The van der Waals surface area contributed by atoms with Crippen molar-refractivity contribution in [3.05, 3.63) is 53.9 Å². The molecule has 8 nitrogen and oxygen atoms in total. The molecule has 1 aromatic carbocycles. The average Bonchev–Trinajstić information content (AvgIpc) is 3.14. The van der Waals surface area contributed by atoms with E-state index in [4.69, 9.17) is 19.8 Å². The van der Waals surface area contributed by atoms with Crippen molar-refractivity contribution in [1.82, 2.24) is 14.9 Å². The summed E-state index contributed by atoms with van der Waals surface area (Å²) in [7, 11) is 4.40. The van der Waals surface area contributed by atoms with Gasteiger partial charge < -0.3 is 20.0 Å². The Morgan fingerprint density at radius 1 is 0.919 bits per heavy atom. The average molecular weight is 536 g/mol. The quantitative estimate of drug-likeness (QED) is 0.548. The predicted molar refractivity (Wildman–Crippen MR) is 120 cm³/mol. The highest BCUT2D eigenvalue weighted by molar-refractivity contribution is 5.73. The van der Waals surface area contributed by atoms with E-state index in [1.807, 2.05) is 18.5 Å². The monoisotopic (exact) mass is 536 g/mol. The zero-order valence-corrected chi connectivity index (χ0v) is 19.9. The molecule has 2 N–H and O–H groups in total. The maximum atomic E-state index is 10.6. The number of fused-ring (bicyclic) bond motifs is 2. The van der Waals surface area contributed by atoms with Crippen molar-refractivity contribution in [2.75, 3.05) is 32.1 Å². The third kappa shape index (κ3) is 7.78. The van der Waals surface area contributed by atoms with Crippen LogP contribution in [0.25, 0.3) is 0 Å². The van der Waals surface area contributed by atoms with E-state index in [9.17, 15) is 26.3 Å². The Kier molecular flexibility index (Phi) is 9.47. The predicted octanol–water partition coefficient (Wildman–Crippen LogP) is 4.29. The number of benzene rings is 1. The van der Waals surface area contributed by atoms with Crippen LogP contribution in [0, 0.1) is 0 Å². The molecule has 1 aromatic heterocycles. The van der Waals surface area contributed by atoms with Gasteiger partial charge in [0.1, 0.15) is 0 Å². The van der Waals surface area contributed by atoms with E-state index < -0.39 is 24.3 Å². The molecule has 1 aliphatic carbocycles. The fourth-order valence-corrected chi connectivity index (χ4v) is 4.38. The molecule has 0 saturated carbocycles. The third-order valence-electron chi connectivity index (χ3n) is 6.14. The smallest absolute Gasteiger partial charge is 0.475 e. The Balaban J connectivity index is 0.000000286. The number of carboxylic acid groups (broad SMARTS) is 2. The fourth-order valence-electron chi connectivity index (χ4n) is 4.38. The zero-order valence-electron chi connectivity index (χ0n) is 19.9. The first-order valence-corrected chi connectivity index (χ1v) is 11.0. The Labute approximate surface area is 208 Å². The SMILES string of the molecule is CN(C)C1CC2(CCN(c3ncccn3)CC2)c2ccccc21.O=C(O)C(F)(F)F.O=C(O)C(F)(F)F. The summed E-state index contributed by atoms with van der Waals surface area (Å²) < 4.78 is 63.5. The highest BCUT2D eigenvalue weighted by Gasteiger charge is 2.46. The topological polar surface area (TPSA) is 107 Å². The third-order valence-corrected chi connectivity index (χ3v) is 6.14.